The number of para-hydroxylation sites is 1. The van der Waals surface area contributed by atoms with Crippen LogP contribution in [0.15, 0.2) is 42.5 Å². The van der Waals surface area contributed by atoms with Crippen molar-refractivity contribution in [2.75, 3.05) is 32.8 Å². The van der Waals surface area contributed by atoms with Gasteiger partial charge in [-0.3, -0.25) is 9.59 Å². The largest absolute Gasteiger partial charge is 0.493 e. The molecule has 3 rings (SSSR count). The Labute approximate surface area is 192 Å². The quantitative estimate of drug-likeness (QED) is 0.615. The van der Waals surface area contributed by atoms with E-state index in [1.165, 1.54) is 5.56 Å². The fraction of sp³-hybridized carbons (Fsp3) is 0.481. The minimum Gasteiger partial charge on any atom is -0.493 e. The van der Waals surface area contributed by atoms with Crippen molar-refractivity contribution in [2.45, 2.75) is 52.9 Å². The van der Waals surface area contributed by atoms with Gasteiger partial charge < -0.3 is 14.5 Å². The molecule has 0 spiro atoms. The molecule has 2 aromatic rings. The number of ether oxygens (including phenoxy) is 1. The topological polar surface area (TPSA) is 49.9 Å². The Morgan fingerprint density at radius 2 is 1.44 bits per heavy atom. The summed E-state index contributed by atoms with van der Waals surface area (Å²) in [7, 11) is 0. The molecule has 2 aromatic carbocycles. The van der Waals surface area contributed by atoms with Gasteiger partial charge in [-0.25, -0.2) is 0 Å². The van der Waals surface area contributed by atoms with Crippen LogP contribution in [0.5, 0.6) is 5.75 Å². The van der Waals surface area contributed by atoms with E-state index in [1.807, 2.05) is 66.1 Å². The number of benzene rings is 2. The minimum atomic E-state index is 0.0413. The third-order valence-electron chi connectivity index (χ3n) is 6.11. The number of hydrogen-bond donors (Lipinski definition) is 0. The zero-order chi connectivity index (χ0) is 23.3. The Hall–Kier alpha value is -2.82. The summed E-state index contributed by atoms with van der Waals surface area (Å²) >= 11 is 0. The van der Waals surface area contributed by atoms with Crippen LogP contribution in [0.3, 0.4) is 0 Å². The molecule has 172 valence electrons. The zero-order valence-electron chi connectivity index (χ0n) is 20.1. The average Bonchev–Trinajstić information content (AvgIpc) is 2.77. The Morgan fingerprint density at radius 3 is 2.00 bits per heavy atom. The van der Waals surface area contributed by atoms with Gasteiger partial charge in [0, 0.05) is 38.2 Å². The second kappa shape index (κ2) is 10.2. The molecule has 0 unspecified atom stereocenters. The average molecular weight is 437 g/mol. The summed E-state index contributed by atoms with van der Waals surface area (Å²) in [6.07, 6.45) is 1.15. The first-order valence-electron chi connectivity index (χ1n) is 11.5. The van der Waals surface area contributed by atoms with E-state index in [0.29, 0.717) is 51.2 Å². The van der Waals surface area contributed by atoms with Crippen molar-refractivity contribution in [2.24, 2.45) is 0 Å². The molecular weight excluding hydrogens is 400 g/mol. The van der Waals surface area contributed by atoms with Gasteiger partial charge in [0.25, 0.3) is 5.91 Å². The van der Waals surface area contributed by atoms with Crippen LogP contribution in [0.1, 0.15) is 60.7 Å². The van der Waals surface area contributed by atoms with Gasteiger partial charge >= 0.3 is 0 Å². The summed E-state index contributed by atoms with van der Waals surface area (Å²) in [6.45, 7) is 13.4. The van der Waals surface area contributed by atoms with E-state index in [9.17, 15) is 9.59 Å². The van der Waals surface area contributed by atoms with Crippen molar-refractivity contribution in [1.82, 2.24) is 9.80 Å². The maximum atomic E-state index is 12.8. The summed E-state index contributed by atoms with van der Waals surface area (Å²) in [5.41, 5.74) is 4.22. The fourth-order valence-corrected chi connectivity index (χ4v) is 4.04. The van der Waals surface area contributed by atoms with Gasteiger partial charge in [0.15, 0.2) is 0 Å². The van der Waals surface area contributed by atoms with Gasteiger partial charge in [-0.15, -0.1) is 0 Å². The van der Waals surface area contributed by atoms with Crippen molar-refractivity contribution in [1.29, 1.82) is 0 Å². The van der Waals surface area contributed by atoms with Crippen molar-refractivity contribution < 1.29 is 14.3 Å². The first-order valence-corrected chi connectivity index (χ1v) is 11.5. The van der Waals surface area contributed by atoms with E-state index in [1.54, 1.807) is 0 Å². The van der Waals surface area contributed by atoms with Crippen LogP contribution in [-0.2, 0) is 10.2 Å². The molecule has 0 aromatic heterocycles. The molecule has 1 saturated heterocycles. The number of piperazine rings is 1. The normalized spacial score (nSPS) is 14.4. The first kappa shape index (κ1) is 23.8. The standard InChI is InChI=1S/C27H36N2O3/c1-20-8-6-9-21(2)25(20)32-19-7-10-24(30)28-15-17-29(18-16-28)26(31)22-11-13-23(14-12-22)27(3,4)5/h6,8-9,11-14H,7,10,15-19H2,1-5H3. The lowest BCUT2D eigenvalue weighted by atomic mass is 9.86. The number of nitrogens with zero attached hydrogens (tertiary/aromatic N) is 2. The third kappa shape index (κ3) is 5.90. The number of hydrogen-bond acceptors (Lipinski definition) is 3. The van der Waals surface area contributed by atoms with Crippen molar-refractivity contribution >= 4 is 11.8 Å². The van der Waals surface area contributed by atoms with Gasteiger partial charge in [0.1, 0.15) is 5.75 Å². The number of carbonyl (C=O) groups excluding carboxylic acids is 2. The van der Waals surface area contributed by atoms with Crippen LogP contribution in [0.25, 0.3) is 0 Å². The number of rotatable bonds is 6. The van der Waals surface area contributed by atoms with Crippen LogP contribution < -0.4 is 4.74 Å². The van der Waals surface area contributed by atoms with Crippen molar-refractivity contribution in [3.63, 3.8) is 0 Å². The van der Waals surface area contributed by atoms with Crippen LogP contribution >= 0.6 is 0 Å². The monoisotopic (exact) mass is 436 g/mol. The Morgan fingerprint density at radius 1 is 0.875 bits per heavy atom. The molecule has 0 bridgehead atoms. The highest BCUT2D eigenvalue weighted by molar-refractivity contribution is 5.94. The van der Waals surface area contributed by atoms with E-state index in [-0.39, 0.29) is 17.2 Å². The Kier molecular flexibility index (Phi) is 7.60. The Balaban J connectivity index is 1.43. The van der Waals surface area contributed by atoms with E-state index in [2.05, 4.69) is 20.8 Å². The van der Waals surface area contributed by atoms with Gasteiger partial charge in [0.05, 0.1) is 6.61 Å². The second-order valence-electron chi connectivity index (χ2n) is 9.67. The highest BCUT2D eigenvalue weighted by Crippen LogP contribution is 2.23. The van der Waals surface area contributed by atoms with Crippen LogP contribution in [-0.4, -0.2) is 54.4 Å². The minimum absolute atomic E-state index is 0.0413. The molecule has 5 heteroatoms. The smallest absolute Gasteiger partial charge is 0.253 e. The summed E-state index contributed by atoms with van der Waals surface area (Å²) in [5.74, 6) is 1.10. The van der Waals surface area contributed by atoms with Gasteiger partial charge in [-0.1, -0.05) is 51.1 Å². The van der Waals surface area contributed by atoms with E-state index >= 15 is 0 Å². The Bertz CT molecular complexity index is 916. The zero-order valence-corrected chi connectivity index (χ0v) is 20.1. The lowest BCUT2D eigenvalue weighted by Gasteiger charge is -2.35. The SMILES string of the molecule is Cc1cccc(C)c1OCCCC(=O)N1CCN(C(=O)c2ccc(C(C)(C)C)cc2)CC1. The molecule has 0 saturated carbocycles. The lowest BCUT2D eigenvalue weighted by Crippen LogP contribution is -2.50. The third-order valence-corrected chi connectivity index (χ3v) is 6.11. The number of carbonyl (C=O) groups is 2. The van der Waals surface area contributed by atoms with E-state index in [4.69, 9.17) is 4.74 Å². The van der Waals surface area contributed by atoms with E-state index in [0.717, 1.165) is 16.9 Å². The highest BCUT2D eigenvalue weighted by Gasteiger charge is 2.25. The molecule has 1 aliphatic heterocycles. The molecule has 2 amide bonds. The lowest BCUT2D eigenvalue weighted by molar-refractivity contribution is -0.132. The van der Waals surface area contributed by atoms with Gasteiger partial charge in [-0.2, -0.15) is 0 Å². The fourth-order valence-electron chi connectivity index (χ4n) is 4.04. The van der Waals surface area contributed by atoms with Crippen LogP contribution in [0.4, 0.5) is 0 Å². The number of aryl methyl sites for hydroxylation is 2. The second-order valence-corrected chi connectivity index (χ2v) is 9.67. The maximum Gasteiger partial charge on any atom is 0.253 e. The van der Waals surface area contributed by atoms with Crippen LogP contribution in [0, 0.1) is 13.8 Å². The summed E-state index contributed by atoms with van der Waals surface area (Å²) in [5, 5.41) is 0. The van der Waals surface area contributed by atoms with Crippen LogP contribution in [0.2, 0.25) is 0 Å². The summed E-state index contributed by atoms with van der Waals surface area (Å²) in [4.78, 5) is 29.1. The molecule has 1 fully saturated rings. The molecule has 5 nitrogen and oxygen atoms in total. The number of amides is 2. The molecule has 1 aliphatic rings. The van der Waals surface area contributed by atoms with Crippen molar-refractivity contribution in [3.05, 3.63) is 64.7 Å². The predicted octanol–water partition coefficient (Wildman–Crippen LogP) is 4.74. The van der Waals surface area contributed by atoms with E-state index < -0.39 is 0 Å². The highest BCUT2D eigenvalue weighted by atomic mass is 16.5. The summed E-state index contributed by atoms with van der Waals surface area (Å²) in [6, 6.07) is 14.0. The first-order chi connectivity index (χ1) is 15.2. The summed E-state index contributed by atoms with van der Waals surface area (Å²) < 4.78 is 5.91. The molecular formula is C27H36N2O3. The van der Waals surface area contributed by atoms with Crippen molar-refractivity contribution in [3.8, 4) is 5.75 Å². The van der Waals surface area contributed by atoms with Gasteiger partial charge in [-0.05, 0) is 54.5 Å². The molecule has 0 aliphatic carbocycles. The molecule has 0 N–H and O–H groups in total. The molecule has 0 radical (unpaired) electrons. The predicted molar refractivity (Wildman–Crippen MR) is 128 cm³/mol. The molecule has 1 heterocycles. The molecule has 0 atom stereocenters. The molecule has 32 heavy (non-hydrogen) atoms. The maximum absolute atomic E-state index is 12.8. The van der Waals surface area contributed by atoms with Gasteiger partial charge in [0.2, 0.25) is 5.91 Å².